The number of amides is 1. The third-order valence-corrected chi connectivity index (χ3v) is 6.38. The van der Waals surface area contributed by atoms with Crippen LogP contribution in [0.1, 0.15) is 28.8 Å². The fourth-order valence-electron chi connectivity index (χ4n) is 4.92. The fraction of sp³-hybridized carbons (Fsp3) is 0.650. The van der Waals surface area contributed by atoms with Gasteiger partial charge in [0.2, 0.25) is 0 Å². The normalized spacial score (nSPS) is 34.0. The second-order valence-electron chi connectivity index (χ2n) is 7.66. The van der Waals surface area contributed by atoms with Crippen LogP contribution in [0.15, 0.2) is 18.2 Å². The molecule has 0 unspecified atom stereocenters. The molecule has 0 bridgehead atoms. The zero-order valence-corrected chi connectivity index (χ0v) is 15.4. The minimum Gasteiger partial charge on any atom is -0.496 e. The van der Waals surface area contributed by atoms with Gasteiger partial charge in [-0.3, -0.25) is 4.79 Å². The van der Waals surface area contributed by atoms with E-state index in [1.165, 1.54) is 0 Å². The van der Waals surface area contributed by atoms with Gasteiger partial charge in [0.1, 0.15) is 5.75 Å². The summed E-state index contributed by atoms with van der Waals surface area (Å²) in [5.41, 5.74) is 0.705. The van der Waals surface area contributed by atoms with Gasteiger partial charge < -0.3 is 24.2 Å². The zero-order valence-electron chi connectivity index (χ0n) is 15.4. The smallest absolute Gasteiger partial charge is 0.258 e. The number of rotatable bonds is 2. The summed E-state index contributed by atoms with van der Waals surface area (Å²) in [6, 6.07) is 5.64. The van der Waals surface area contributed by atoms with Gasteiger partial charge >= 0.3 is 0 Å². The second kappa shape index (κ2) is 6.83. The molecule has 0 aromatic heterocycles. The molecule has 6 heteroatoms. The Balaban J connectivity index is 1.71. The summed E-state index contributed by atoms with van der Waals surface area (Å²) < 4.78 is 16.8. The number of aliphatic hydroxyl groups is 1. The number of ether oxygens (including phenoxy) is 3. The van der Waals surface area contributed by atoms with Crippen molar-refractivity contribution >= 4 is 5.91 Å². The Labute approximate surface area is 154 Å². The Hall–Kier alpha value is -1.63. The van der Waals surface area contributed by atoms with Gasteiger partial charge in [0, 0.05) is 44.1 Å². The van der Waals surface area contributed by atoms with Crippen LogP contribution in [-0.2, 0) is 9.47 Å². The van der Waals surface area contributed by atoms with Gasteiger partial charge in [-0.05, 0) is 25.0 Å². The van der Waals surface area contributed by atoms with E-state index < -0.39 is 5.60 Å². The lowest BCUT2D eigenvalue weighted by Crippen LogP contribution is -2.68. The van der Waals surface area contributed by atoms with Gasteiger partial charge in [-0.25, -0.2) is 0 Å². The van der Waals surface area contributed by atoms with Crippen LogP contribution in [-0.4, -0.2) is 67.6 Å². The number of hydrogen-bond donors (Lipinski definition) is 1. The number of methoxy groups -OCH3 is 1. The van der Waals surface area contributed by atoms with Crippen molar-refractivity contribution in [3.63, 3.8) is 0 Å². The third-order valence-electron chi connectivity index (χ3n) is 6.38. The molecule has 1 amide bonds. The van der Waals surface area contributed by atoms with E-state index in [0.717, 1.165) is 12.0 Å². The molecule has 1 aromatic carbocycles. The molecule has 4 atom stereocenters. The molecule has 0 radical (unpaired) electrons. The van der Waals surface area contributed by atoms with E-state index in [1.807, 2.05) is 30.0 Å². The Morgan fingerprint density at radius 1 is 1.31 bits per heavy atom. The van der Waals surface area contributed by atoms with Crippen molar-refractivity contribution in [2.75, 3.05) is 40.1 Å². The van der Waals surface area contributed by atoms with Crippen molar-refractivity contribution in [1.29, 1.82) is 0 Å². The molecule has 26 heavy (non-hydrogen) atoms. The molecule has 3 aliphatic rings. The van der Waals surface area contributed by atoms with E-state index in [0.29, 0.717) is 50.7 Å². The molecule has 6 nitrogen and oxygen atoms in total. The monoisotopic (exact) mass is 361 g/mol. The van der Waals surface area contributed by atoms with Gasteiger partial charge in [-0.15, -0.1) is 0 Å². The number of fused-ring (bicyclic) bond motifs is 3. The predicted octanol–water partition coefficient (Wildman–Crippen LogP) is 1.63. The number of carbonyl (C=O) groups excluding carboxylic acids is 1. The quantitative estimate of drug-likeness (QED) is 0.867. The average Bonchev–Trinajstić information content (AvgIpc) is 2.66. The Bertz CT molecular complexity index is 693. The van der Waals surface area contributed by atoms with E-state index in [4.69, 9.17) is 14.2 Å². The first-order chi connectivity index (χ1) is 12.6. The molecule has 3 fully saturated rings. The summed E-state index contributed by atoms with van der Waals surface area (Å²) in [4.78, 5) is 15.5. The van der Waals surface area contributed by atoms with Gasteiger partial charge in [0.25, 0.3) is 5.91 Å². The Morgan fingerprint density at radius 2 is 2.12 bits per heavy atom. The Kier molecular flexibility index (Phi) is 4.67. The maximum absolute atomic E-state index is 13.5. The number of carbonyl (C=O) groups is 1. The third kappa shape index (κ3) is 2.71. The molecule has 0 aliphatic carbocycles. The maximum Gasteiger partial charge on any atom is 0.258 e. The van der Waals surface area contributed by atoms with Crippen LogP contribution in [0, 0.1) is 18.8 Å². The standard InChI is InChI=1S/C20H27NO5/c1-13-4-3-5-17(24-2)18(13)19(22)21-10-14-11-26-9-7-20(14,23)15-12-25-8-6-16(15)21/h3-5,14-16,23H,6-12H2,1-2H3/t14-,15+,16-,20-/m0/s1. The van der Waals surface area contributed by atoms with Crippen LogP contribution >= 0.6 is 0 Å². The largest absolute Gasteiger partial charge is 0.496 e. The maximum atomic E-state index is 13.5. The number of aryl methyl sites for hydroxylation is 1. The molecular formula is C20H27NO5. The first kappa shape index (κ1) is 17.8. The minimum absolute atomic E-state index is 0.0140. The van der Waals surface area contributed by atoms with Crippen molar-refractivity contribution in [1.82, 2.24) is 4.90 Å². The van der Waals surface area contributed by atoms with Crippen molar-refractivity contribution < 1.29 is 24.1 Å². The van der Waals surface area contributed by atoms with E-state index in [-0.39, 0.29) is 23.8 Å². The predicted molar refractivity (Wildman–Crippen MR) is 95.4 cm³/mol. The highest BCUT2D eigenvalue weighted by Gasteiger charge is 2.56. The van der Waals surface area contributed by atoms with Crippen LogP contribution < -0.4 is 4.74 Å². The molecule has 4 rings (SSSR count). The van der Waals surface area contributed by atoms with Crippen LogP contribution in [0.2, 0.25) is 0 Å². The van der Waals surface area contributed by atoms with Gasteiger partial charge in [-0.1, -0.05) is 12.1 Å². The van der Waals surface area contributed by atoms with Crippen LogP contribution in [0.25, 0.3) is 0 Å². The minimum atomic E-state index is -0.810. The lowest BCUT2D eigenvalue weighted by molar-refractivity contribution is -0.212. The molecule has 142 valence electrons. The summed E-state index contributed by atoms with van der Waals surface area (Å²) in [5.74, 6) is 0.417. The first-order valence-corrected chi connectivity index (χ1v) is 9.38. The summed E-state index contributed by atoms with van der Waals surface area (Å²) in [7, 11) is 1.59. The fourth-order valence-corrected chi connectivity index (χ4v) is 4.92. The number of likely N-dealkylation sites (tertiary alicyclic amines) is 1. The lowest BCUT2D eigenvalue weighted by Gasteiger charge is -2.57. The highest BCUT2D eigenvalue weighted by Crippen LogP contribution is 2.45. The SMILES string of the molecule is COc1cccc(C)c1C(=O)N1C[C@H]2COCC[C@@]2(O)[C@@H]2COCC[C@@H]21. The average molecular weight is 361 g/mol. The van der Waals surface area contributed by atoms with Crippen LogP contribution in [0.5, 0.6) is 5.75 Å². The first-order valence-electron chi connectivity index (χ1n) is 9.38. The van der Waals surface area contributed by atoms with E-state index >= 15 is 0 Å². The number of nitrogens with zero attached hydrogens (tertiary/aromatic N) is 1. The van der Waals surface area contributed by atoms with Gasteiger partial charge in [0.15, 0.2) is 0 Å². The van der Waals surface area contributed by atoms with Gasteiger partial charge in [0.05, 0.1) is 31.5 Å². The van der Waals surface area contributed by atoms with E-state index in [1.54, 1.807) is 7.11 Å². The van der Waals surface area contributed by atoms with Crippen molar-refractivity contribution in [2.45, 2.75) is 31.4 Å². The molecule has 3 aliphatic heterocycles. The summed E-state index contributed by atoms with van der Waals surface area (Å²) in [6.45, 7) is 4.60. The summed E-state index contributed by atoms with van der Waals surface area (Å²) in [6.07, 6.45) is 1.36. The number of benzene rings is 1. The number of hydrogen-bond acceptors (Lipinski definition) is 5. The van der Waals surface area contributed by atoms with Crippen molar-refractivity contribution in [3.05, 3.63) is 29.3 Å². The molecule has 0 spiro atoms. The van der Waals surface area contributed by atoms with Crippen molar-refractivity contribution in [2.24, 2.45) is 11.8 Å². The molecule has 3 saturated heterocycles. The van der Waals surface area contributed by atoms with Crippen molar-refractivity contribution in [3.8, 4) is 5.75 Å². The Morgan fingerprint density at radius 3 is 2.92 bits per heavy atom. The highest BCUT2D eigenvalue weighted by molar-refractivity contribution is 5.98. The molecule has 1 N–H and O–H groups in total. The zero-order chi connectivity index (χ0) is 18.3. The second-order valence-corrected chi connectivity index (χ2v) is 7.66. The van der Waals surface area contributed by atoms with E-state index in [2.05, 4.69) is 0 Å². The molecule has 3 heterocycles. The lowest BCUT2D eigenvalue weighted by atomic mass is 9.66. The summed E-state index contributed by atoms with van der Waals surface area (Å²) in [5, 5.41) is 11.4. The highest BCUT2D eigenvalue weighted by atomic mass is 16.5. The molecule has 1 aromatic rings. The van der Waals surface area contributed by atoms with Gasteiger partial charge in [-0.2, -0.15) is 0 Å². The topological polar surface area (TPSA) is 68.2 Å². The molecular weight excluding hydrogens is 334 g/mol. The van der Waals surface area contributed by atoms with Crippen LogP contribution in [0.4, 0.5) is 0 Å². The number of piperidine rings is 1. The van der Waals surface area contributed by atoms with Crippen LogP contribution in [0.3, 0.4) is 0 Å². The van der Waals surface area contributed by atoms with E-state index in [9.17, 15) is 9.90 Å². The summed E-state index contributed by atoms with van der Waals surface area (Å²) >= 11 is 0. The molecule has 0 saturated carbocycles.